The fraction of sp³-hybridized carbons (Fsp3) is 0.389. The second kappa shape index (κ2) is 7.79. The number of fused-ring (bicyclic) bond motifs is 1. The number of ether oxygens (including phenoxy) is 1. The minimum Gasteiger partial charge on any atom is -0.484 e. The number of carbonyl (C=O) groups is 1. The van der Waals surface area contributed by atoms with Crippen LogP contribution in [0.2, 0.25) is 0 Å². The molecule has 1 unspecified atom stereocenters. The number of hydrogen-bond donors (Lipinski definition) is 2. The van der Waals surface area contributed by atoms with Crippen LogP contribution in [0.5, 0.6) is 5.75 Å². The van der Waals surface area contributed by atoms with E-state index in [2.05, 4.69) is 32.6 Å². The Morgan fingerprint density at radius 3 is 2.91 bits per heavy atom. The minimum atomic E-state index is -0.0634. The van der Waals surface area contributed by atoms with Crippen LogP contribution >= 0.6 is 15.9 Å². The molecular formula is C18H21BrN2O2. The first-order chi connectivity index (χ1) is 11.2. The Hall–Kier alpha value is -1.59. The normalized spacial score (nSPS) is 17.9. The van der Waals surface area contributed by atoms with Crippen molar-refractivity contribution in [3.05, 3.63) is 40.9 Å². The van der Waals surface area contributed by atoms with Crippen LogP contribution in [0.1, 0.15) is 12.8 Å². The molecule has 5 heteroatoms. The van der Waals surface area contributed by atoms with Gasteiger partial charge in [-0.3, -0.25) is 4.79 Å². The van der Waals surface area contributed by atoms with Gasteiger partial charge in [0.15, 0.2) is 6.61 Å². The molecule has 1 fully saturated rings. The summed E-state index contributed by atoms with van der Waals surface area (Å²) in [6.07, 6.45) is 2.36. The van der Waals surface area contributed by atoms with Gasteiger partial charge in [-0.2, -0.15) is 0 Å². The molecule has 0 saturated carbocycles. The molecule has 0 aliphatic carbocycles. The number of hydrogen-bond acceptors (Lipinski definition) is 3. The van der Waals surface area contributed by atoms with Gasteiger partial charge in [-0.25, -0.2) is 0 Å². The number of halogens is 1. The van der Waals surface area contributed by atoms with Crippen molar-refractivity contribution in [2.45, 2.75) is 12.8 Å². The molecule has 122 valence electrons. The maximum atomic E-state index is 11.9. The molecule has 1 aliphatic rings. The minimum absolute atomic E-state index is 0.0577. The second-order valence-electron chi connectivity index (χ2n) is 5.96. The monoisotopic (exact) mass is 376 g/mol. The molecular weight excluding hydrogens is 356 g/mol. The molecule has 0 radical (unpaired) electrons. The molecule has 0 spiro atoms. The van der Waals surface area contributed by atoms with Gasteiger partial charge in [-0.15, -0.1) is 0 Å². The standard InChI is InChI=1S/C18H21BrN2O2/c19-16-5-3-15-9-17(6-4-14(15)8-16)23-12-18(22)21-11-13-2-1-7-20-10-13/h3-6,8-9,13,20H,1-2,7,10-12H2,(H,21,22). The highest BCUT2D eigenvalue weighted by atomic mass is 79.9. The van der Waals surface area contributed by atoms with E-state index in [1.54, 1.807) is 0 Å². The van der Waals surface area contributed by atoms with E-state index in [-0.39, 0.29) is 12.5 Å². The fourth-order valence-corrected chi connectivity index (χ4v) is 3.22. The van der Waals surface area contributed by atoms with Crippen LogP contribution < -0.4 is 15.4 Å². The molecule has 1 aliphatic heterocycles. The van der Waals surface area contributed by atoms with Crippen molar-refractivity contribution < 1.29 is 9.53 Å². The quantitative estimate of drug-likeness (QED) is 0.842. The van der Waals surface area contributed by atoms with Gasteiger partial charge in [0.25, 0.3) is 5.91 Å². The predicted octanol–water partition coefficient (Wildman–Crippen LogP) is 3.10. The average molecular weight is 377 g/mol. The van der Waals surface area contributed by atoms with Gasteiger partial charge in [0.1, 0.15) is 5.75 Å². The van der Waals surface area contributed by atoms with E-state index in [1.165, 1.54) is 12.8 Å². The molecule has 2 aromatic carbocycles. The number of carbonyl (C=O) groups excluding carboxylic acids is 1. The summed E-state index contributed by atoms with van der Waals surface area (Å²) in [7, 11) is 0. The van der Waals surface area contributed by atoms with Gasteiger partial charge in [0, 0.05) is 11.0 Å². The molecule has 1 amide bonds. The van der Waals surface area contributed by atoms with Gasteiger partial charge in [0.05, 0.1) is 0 Å². The SMILES string of the molecule is O=C(COc1ccc2cc(Br)ccc2c1)NCC1CCCNC1. The zero-order valence-electron chi connectivity index (χ0n) is 13.0. The first kappa shape index (κ1) is 16.3. The molecule has 23 heavy (non-hydrogen) atoms. The lowest BCUT2D eigenvalue weighted by atomic mass is 10.00. The van der Waals surface area contributed by atoms with Gasteiger partial charge in [0.2, 0.25) is 0 Å². The van der Waals surface area contributed by atoms with Crippen LogP contribution in [0.25, 0.3) is 10.8 Å². The van der Waals surface area contributed by atoms with Crippen molar-refractivity contribution in [2.75, 3.05) is 26.2 Å². The predicted molar refractivity (Wildman–Crippen MR) is 95.7 cm³/mol. The van der Waals surface area contributed by atoms with Crippen LogP contribution in [0.4, 0.5) is 0 Å². The summed E-state index contributed by atoms with van der Waals surface area (Å²) >= 11 is 3.46. The molecule has 1 heterocycles. The van der Waals surface area contributed by atoms with Crippen LogP contribution in [0, 0.1) is 5.92 Å². The molecule has 2 aromatic rings. The van der Waals surface area contributed by atoms with Crippen molar-refractivity contribution in [1.82, 2.24) is 10.6 Å². The molecule has 2 N–H and O–H groups in total. The summed E-state index contributed by atoms with van der Waals surface area (Å²) in [5.41, 5.74) is 0. The van der Waals surface area contributed by atoms with Crippen molar-refractivity contribution in [3.63, 3.8) is 0 Å². The van der Waals surface area contributed by atoms with E-state index >= 15 is 0 Å². The number of benzene rings is 2. The van der Waals surface area contributed by atoms with Crippen LogP contribution in [-0.2, 0) is 4.79 Å². The van der Waals surface area contributed by atoms with Crippen LogP contribution in [0.3, 0.4) is 0 Å². The third-order valence-corrected chi connectivity index (χ3v) is 4.62. The average Bonchev–Trinajstić information content (AvgIpc) is 2.59. The van der Waals surface area contributed by atoms with E-state index in [0.717, 1.165) is 34.9 Å². The first-order valence-electron chi connectivity index (χ1n) is 8.00. The van der Waals surface area contributed by atoms with Crippen molar-refractivity contribution in [3.8, 4) is 5.75 Å². The Kier molecular flexibility index (Phi) is 5.51. The molecule has 4 nitrogen and oxygen atoms in total. The highest BCUT2D eigenvalue weighted by Crippen LogP contribution is 2.24. The summed E-state index contributed by atoms with van der Waals surface area (Å²) in [4.78, 5) is 11.9. The van der Waals surface area contributed by atoms with Crippen molar-refractivity contribution >= 4 is 32.6 Å². The van der Waals surface area contributed by atoms with E-state index < -0.39 is 0 Å². The van der Waals surface area contributed by atoms with Crippen molar-refractivity contribution in [2.24, 2.45) is 5.92 Å². The fourth-order valence-electron chi connectivity index (χ4n) is 2.84. The Labute approximate surface area is 144 Å². The summed E-state index contributed by atoms with van der Waals surface area (Å²) < 4.78 is 6.66. The van der Waals surface area contributed by atoms with Gasteiger partial charge in [-0.05, 0) is 66.9 Å². The molecule has 1 atom stereocenters. The van der Waals surface area contributed by atoms with Gasteiger partial charge in [-0.1, -0.05) is 28.1 Å². The Bertz CT molecular complexity index is 684. The maximum Gasteiger partial charge on any atom is 0.257 e. The second-order valence-corrected chi connectivity index (χ2v) is 6.87. The van der Waals surface area contributed by atoms with E-state index in [1.807, 2.05) is 30.3 Å². The van der Waals surface area contributed by atoms with Gasteiger partial charge < -0.3 is 15.4 Å². The summed E-state index contributed by atoms with van der Waals surface area (Å²) in [6.45, 7) is 2.86. The lowest BCUT2D eigenvalue weighted by Crippen LogP contribution is -2.39. The zero-order valence-corrected chi connectivity index (χ0v) is 14.6. The largest absolute Gasteiger partial charge is 0.484 e. The maximum absolute atomic E-state index is 11.9. The van der Waals surface area contributed by atoms with Gasteiger partial charge >= 0.3 is 0 Å². The molecule has 0 bridgehead atoms. The number of rotatable bonds is 5. The number of amides is 1. The zero-order chi connectivity index (χ0) is 16.1. The highest BCUT2D eigenvalue weighted by molar-refractivity contribution is 9.10. The summed E-state index contributed by atoms with van der Waals surface area (Å²) in [6, 6.07) is 11.9. The first-order valence-corrected chi connectivity index (χ1v) is 8.79. The number of nitrogens with one attached hydrogen (secondary N) is 2. The smallest absolute Gasteiger partial charge is 0.257 e. The summed E-state index contributed by atoms with van der Waals surface area (Å²) in [5.74, 6) is 1.19. The summed E-state index contributed by atoms with van der Waals surface area (Å²) in [5, 5.41) is 8.55. The van der Waals surface area contributed by atoms with E-state index in [0.29, 0.717) is 11.7 Å². The van der Waals surface area contributed by atoms with E-state index in [9.17, 15) is 4.79 Å². The highest BCUT2D eigenvalue weighted by Gasteiger charge is 2.14. The topological polar surface area (TPSA) is 50.4 Å². The van der Waals surface area contributed by atoms with Crippen molar-refractivity contribution in [1.29, 1.82) is 0 Å². The third kappa shape index (κ3) is 4.69. The van der Waals surface area contributed by atoms with Crippen LogP contribution in [-0.4, -0.2) is 32.1 Å². The number of piperidine rings is 1. The Morgan fingerprint density at radius 2 is 2.09 bits per heavy atom. The third-order valence-electron chi connectivity index (χ3n) is 4.13. The molecule has 0 aromatic heterocycles. The molecule has 1 saturated heterocycles. The lowest BCUT2D eigenvalue weighted by Gasteiger charge is -2.22. The molecule has 3 rings (SSSR count). The van der Waals surface area contributed by atoms with E-state index in [4.69, 9.17) is 4.74 Å². The Morgan fingerprint density at radius 1 is 1.26 bits per heavy atom. The van der Waals surface area contributed by atoms with Crippen LogP contribution in [0.15, 0.2) is 40.9 Å². The lowest BCUT2D eigenvalue weighted by molar-refractivity contribution is -0.123. The Balaban J connectivity index is 1.49.